The van der Waals surface area contributed by atoms with Crippen molar-refractivity contribution < 1.29 is 4.79 Å². The number of benzene rings is 1. The average molecular weight is 323 g/mol. The molecule has 1 N–H and O–H groups in total. The summed E-state index contributed by atoms with van der Waals surface area (Å²) in [5, 5.41) is 4.65. The molecule has 7 heteroatoms. The second-order valence-electron chi connectivity index (χ2n) is 5.40. The SMILES string of the molecule is O=C1NCCN2CCN(c3nc4ccc(Cl)cc4s3)C[C@@H]12. The van der Waals surface area contributed by atoms with Crippen molar-refractivity contribution in [2.75, 3.05) is 37.6 Å². The van der Waals surface area contributed by atoms with Crippen LogP contribution in [0.1, 0.15) is 0 Å². The molecule has 2 aliphatic rings. The van der Waals surface area contributed by atoms with Gasteiger partial charge in [0.25, 0.3) is 0 Å². The number of anilines is 1. The molecule has 0 unspecified atom stereocenters. The minimum atomic E-state index is -0.0527. The predicted molar refractivity (Wildman–Crippen MR) is 85.2 cm³/mol. The van der Waals surface area contributed by atoms with Crippen LogP contribution in [0.15, 0.2) is 18.2 Å². The Morgan fingerprint density at radius 1 is 1.33 bits per heavy atom. The van der Waals surface area contributed by atoms with Crippen molar-refractivity contribution in [1.29, 1.82) is 0 Å². The molecular weight excluding hydrogens is 308 g/mol. The summed E-state index contributed by atoms with van der Waals surface area (Å²) in [7, 11) is 0. The second kappa shape index (κ2) is 5.12. The van der Waals surface area contributed by atoms with Crippen LogP contribution in [0.5, 0.6) is 0 Å². The summed E-state index contributed by atoms with van der Waals surface area (Å²) < 4.78 is 1.09. The predicted octanol–water partition coefficient (Wildman–Crippen LogP) is 1.57. The van der Waals surface area contributed by atoms with Crippen molar-refractivity contribution in [1.82, 2.24) is 15.2 Å². The van der Waals surface area contributed by atoms with Gasteiger partial charge in [-0.05, 0) is 18.2 Å². The third-order valence-electron chi connectivity index (χ3n) is 4.10. The molecule has 0 aliphatic carbocycles. The number of fused-ring (bicyclic) bond motifs is 2. The molecule has 0 saturated carbocycles. The van der Waals surface area contributed by atoms with E-state index in [0.717, 1.165) is 46.5 Å². The van der Waals surface area contributed by atoms with Crippen LogP contribution in [0.2, 0.25) is 5.02 Å². The van der Waals surface area contributed by atoms with E-state index in [2.05, 4.69) is 20.1 Å². The van der Waals surface area contributed by atoms with Crippen LogP contribution in [0.4, 0.5) is 5.13 Å². The summed E-state index contributed by atoms with van der Waals surface area (Å²) in [6.07, 6.45) is 0. The normalized spacial score (nSPS) is 23.2. The Balaban J connectivity index is 1.61. The van der Waals surface area contributed by atoms with Gasteiger partial charge in [0.05, 0.1) is 10.2 Å². The van der Waals surface area contributed by atoms with Gasteiger partial charge in [-0.1, -0.05) is 22.9 Å². The van der Waals surface area contributed by atoms with Gasteiger partial charge in [0.1, 0.15) is 6.04 Å². The molecule has 5 nitrogen and oxygen atoms in total. The number of aromatic nitrogens is 1. The highest BCUT2D eigenvalue weighted by atomic mass is 35.5. The fourth-order valence-electron chi connectivity index (χ4n) is 2.97. The van der Waals surface area contributed by atoms with E-state index in [4.69, 9.17) is 11.6 Å². The smallest absolute Gasteiger partial charge is 0.239 e. The lowest BCUT2D eigenvalue weighted by atomic mass is 10.1. The molecule has 1 aromatic heterocycles. The van der Waals surface area contributed by atoms with Crippen LogP contribution in [0.25, 0.3) is 10.2 Å². The van der Waals surface area contributed by atoms with Crippen LogP contribution in [-0.2, 0) is 4.79 Å². The lowest BCUT2D eigenvalue weighted by Gasteiger charge is -2.42. The maximum atomic E-state index is 12.0. The number of piperazine rings is 2. The molecular formula is C14H15ClN4OS. The molecule has 0 spiro atoms. The highest BCUT2D eigenvalue weighted by molar-refractivity contribution is 7.22. The van der Waals surface area contributed by atoms with Crippen LogP contribution in [0, 0.1) is 0 Å². The first-order valence-electron chi connectivity index (χ1n) is 7.03. The van der Waals surface area contributed by atoms with E-state index in [1.165, 1.54) is 0 Å². The number of rotatable bonds is 1. The first-order valence-corrected chi connectivity index (χ1v) is 8.23. The van der Waals surface area contributed by atoms with Crippen molar-refractivity contribution in [3.8, 4) is 0 Å². The molecule has 0 bridgehead atoms. The lowest BCUT2D eigenvalue weighted by molar-refractivity contribution is -0.129. The Kier molecular flexibility index (Phi) is 3.24. The second-order valence-corrected chi connectivity index (χ2v) is 6.84. The van der Waals surface area contributed by atoms with Gasteiger partial charge in [0.15, 0.2) is 5.13 Å². The first kappa shape index (κ1) is 13.3. The van der Waals surface area contributed by atoms with Gasteiger partial charge in [0.2, 0.25) is 5.91 Å². The van der Waals surface area contributed by atoms with Gasteiger partial charge in [-0.25, -0.2) is 4.98 Å². The summed E-state index contributed by atoms with van der Waals surface area (Å²) in [5.41, 5.74) is 0.968. The monoisotopic (exact) mass is 322 g/mol. The number of hydrogen-bond donors (Lipinski definition) is 1. The van der Waals surface area contributed by atoms with Gasteiger partial charge in [-0.3, -0.25) is 9.69 Å². The molecule has 2 fully saturated rings. The Labute approximate surface area is 131 Å². The third kappa shape index (κ3) is 2.37. The zero-order valence-electron chi connectivity index (χ0n) is 11.4. The molecule has 0 radical (unpaired) electrons. The highest BCUT2D eigenvalue weighted by Gasteiger charge is 2.35. The van der Waals surface area contributed by atoms with E-state index in [1.807, 2.05) is 18.2 Å². The maximum absolute atomic E-state index is 12.0. The molecule has 3 heterocycles. The van der Waals surface area contributed by atoms with Crippen LogP contribution < -0.4 is 10.2 Å². The zero-order valence-corrected chi connectivity index (χ0v) is 13.0. The van der Waals surface area contributed by atoms with Crippen molar-refractivity contribution in [2.45, 2.75) is 6.04 Å². The molecule has 110 valence electrons. The standard InChI is InChI=1S/C14H15ClN4OS/c15-9-1-2-10-12(7-9)21-14(17-10)19-6-5-18-4-3-16-13(20)11(18)8-19/h1-2,7,11H,3-6,8H2,(H,16,20)/t11-/m0/s1. The summed E-state index contributed by atoms with van der Waals surface area (Å²) in [4.78, 5) is 21.2. The highest BCUT2D eigenvalue weighted by Crippen LogP contribution is 2.32. The summed E-state index contributed by atoms with van der Waals surface area (Å²) in [6, 6.07) is 5.70. The van der Waals surface area contributed by atoms with Gasteiger partial charge in [-0.15, -0.1) is 0 Å². The molecule has 2 aromatic rings. The van der Waals surface area contributed by atoms with E-state index in [-0.39, 0.29) is 11.9 Å². The number of halogens is 1. The molecule has 1 atom stereocenters. The maximum Gasteiger partial charge on any atom is 0.239 e. The first-order chi connectivity index (χ1) is 10.2. The Bertz CT molecular complexity index is 703. The minimum Gasteiger partial charge on any atom is -0.353 e. The molecule has 2 aliphatic heterocycles. The summed E-state index contributed by atoms with van der Waals surface area (Å²) in [5.74, 6) is 0.134. The number of carbonyl (C=O) groups excluding carboxylic acids is 1. The number of carbonyl (C=O) groups is 1. The van der Waals surface area contributed by atoms with Crippen LogP contribution in [0.3, 0.4) is 0 Å². The Morgan fingerprint density at radius 2 is 2.24 bits per heavy atom. The number of nitrogens with one attached hydrogen (secondary N) is 1. The van der Waals surface area contributed by atoms with Gasteiger partial charge >= 0.3 is 0 Å². The number of hydrogen-bond acceptors (Lipinski definition) is 5. The zero-order chi connectivity index (χ0) is 14.4. The topological polar surface area (TPSA) is 48.5 Å². The van der Waals surface area contributed by atoms with Crippen molar-refractivity contribution in [3.05, 3.63) is 23.2 Å². The number of thiazole rings is 1. The fraction of sp³-hybridized carbons (Fsp3) is 0.429. The average Bonchev–Trinajstić information content (AvgIpc) is 2.90. The summed E-state index contributed by atoms with van der Waals surface area (Å²) >= 11 is 7.67. The Morgan fingerprint density at radius 3 is 3.14 bits per heavy atom. The van der Waals surface area contributed by atoms with Gasteiger partial charge in [-0.2, -0.15) is 0 Å². The molecule has 4 rings (SSSR count). The third-order valence-corrected chi connectivity index (χ3v) is 5.42. The van der Waals surface area contributed by atoms with Crippen LogP contribution >= 0.6 is 22.9 Å². The Hall–Kier alpha value is -1.37. The van der Waals surface area contributed by atoms with Crippen LogP contribution in [-0.4, -0.2) is 54.6 Å². The number of amides is 1. The van der Waals surface area contributed by atoms with Gasteiger partial charge < -0.3 is 10.2 Å². The van der Waals surface area contributed by atoms with E-state index in [1.54, 1.807) is 11.3 Å². The van der Waals surface area contributed by atoms with Crippen molar-refractivity contribution >= 4 is 44.2 Å². The largest absolute Gasteiger partial charge is 0.353 e. The molecule has 2 saturated heterocycles. The van der Waals surface area contributed by atoms with E-state index in [0.29, 0.717) is 6.54 Å². The van der Waals surface area contributed by atoms with Crippen molar-refractivity contribution in [3.63, 3.8) is 0 Å². The fourth-order valence-corrected chi connectivity index (χ4v) is 4.25. The lowest BCUT2D eigenvalue weighted by Crippen LogP contribution is -2.63. The minimum absolute atomic E-state index is 0.0527. The van der Waals surface area contributed by atoms with E-state index >= 15 is 0 Å². The van der Waals surface area contributed by atoms with E-state index < -0.39 is 0 Å². The van der Waals surface area contributed by atoms with Gasteiger partial charge in [0, 0.05) is 37.7 Å². The van der Waals surface area contributed by atoms with E-state index in [9.17, 15) is 4.79 Å². The molecule has 1 amide bonds. The molecule has 21 heavy (non-hydrogen) atoms. The number of nitrogens with zero attached hydrogens (tertiary/aromatic N) is 3. The van der Waals surface area contributed by atoms with Crippen molar-refractivity contribution in [2.24, 2.45) is 0 Å². The molecule has 1 aromatic carbocycles. The summed E-state index contributed by atoms with van der Waals surface area (Å²) in [6.45, 7) is 4.24. The quantitative estimate of drug-likeness (QED) is 0.866.